The van der Waals surface area contributed by atoms with Crippen LogP contribution in [0.4, 0.5) is 19.1 Å². The lowest BCUT2D eigenvalue weighted by atomic mass is 9.77. The van der Waals surface area contributed by atoms with Gasteiger partial charge in [-0.05, 0) is 44.4 Å². The van der Waals surface area contributed by atoms with Crippen LogP contribution in [0.3, 0.4) is 0 Å². The average molecular weight is 460 g/mol. The Balaban J connectivity index is 1.58. The largest absolute Gasteiger partial charge is 0.480 e. The topological polar surface area (TPSA) is 101 Å². The van der Waals surface area contributed by atoms with Crippen LogP contribution >= 0.6 is 0 Å². The Morgan fingerprint density at radius 3 is 2.73 bits per heavy atom. The summed E-state index contributed by atoms with van der Waals surface area (Å²) in [6.45, 7) is 2.77. The summed E-state index contributed by atoms with van der Waals surface area (Å²) < 4.78 is 47.9. The number of H-pyrrole nitrogens is 1. The maximum Gasteiger partial charge on any atom is 0.256 e. The first kappa shape index (κ1) is 21.5. The van der Waals surface area contributed by atoms with E-state index >= 15 is 0 Å². The summed E-state index contributed by atoms with van der Waals surface area (Å²) in [5, 5.41) is 13.7. The minimum Gasteiger partial charge on any atom is -0.480 e. The number of alkyl halides is 2. The van der Waals surface area contributed by atoms with Gasteiger partial charge in [-0.25, -0.2) is 18.2 Å². The number of hydrogen-bond donors (Lipinski definition) is 3. The molecule has 33 heavy (non-hydrogen) atoms. The quantitative estimate of drug-likeness (QED) is 0.402. The number of nitrogens with one attached hydrogen (secondary N) is 2. The molecule has 4 aromatic rings. The molecule has 3 aromatic heterocycles. The van der Waals surface area contributed by atoms with E-state index in [1.54, 1.807) is 26.1 Å². The highest BCUT2D eigenvalue weighted by molar-refractivity contribution is 5.99. The lowest BCUT2D eigenvalue weighted by Crippen LogP contribution is -2.48. The maximum absolute atomic E-state index is 14.9. The van der Waals surface area contributed by atoms with Crippen LogP contribution in [0.5, 0.6) is 5.88 Å². The summed E-state index contributed by atoms with van der Waals surface area (Å²) in [5.41, 5.74) is 1.14. The summed E-state index contributed by atoms with van der Waals surface area (Å²) >= 11 is 0. The molecule has 11 heteroatoms. The van der Waals surface area contributed by atoms with Crippen molar-refractivity contribution in [2.45, 2.75) is 51.3 Å². The number of nitrogens with zero attached hydrogens (tertiary/aromatic N) is 4. The third-order valence-electron chi connectivity index (χ3n) is 6.03. The molecule has 1 aliphatic rings. The van der Waals surface area contributed by atoms with Gasteiger partial charge in [0, 0.05) is 17.8 Å². The van der Waals surface area contributed by atoms with E-state index in [0.717, 1.165) is 0 Å². The van der Waals surface area contributed by atoms with Crippen molar-refractivity contribution in [2.24, 2.45) is 0 Å². The molecule has 0 unspecified atom stereocenters. The van der Waals surface area contributed by atoms with E-state index in [0.29, 0.717) is 46.8 Å². The minimum atomic E-state index is -2.60. The van der Waals surface area contributed by atoms with Gasteiger partial charge >= 0.3 is 0 Å². The zero-order chi connectivity index (χ0) is 23.5. The number of hydrogen-bond acceptors (Lipinski definition) is 6. The fourth-order valence-electron chi connectivity index (χ4n) is 4.55. The van der Waals surface area contributed by atoms with Gasteiger partial charge in [0.15, 0.2) is 5.82 Å². The van der Waals surface area contributed by atoms with Crippen LogP contribution in [0, 0.1) is 12.7 Å². The average Bonchev–Trinajstić information content (AvgIpc) is 3.28. The Labute approximate surface area is 186 Å². The number of ether oxygens (including phenoxy) is 1. The van der Waals surface area contributed by atoms with Gasteiger partial charge in [-0.1, -0.05) is 0 Å². The highest BCUT2D eigenvalue weighted by Crippen LogP contribution is 2.38. The number of halogens is 3. The number of imidazole rings is 1. The number of aromatic nitrogens is 5. The molecule has 0 radical (unpaired) electrons. The van der Waals surface area contributed by atoms with E-state index < -0.39 is 24.4 Å². The zero-order valence-electron chi connectivity index (χ0n) is 18.3. The van der Waals surface area contributed by atoms with Gasteiger partial charge in [0.25, 0.3) is 6.43 Å². The number of aliphatic hydroxyl groups is 1. The minimum absolute atomic E-state index is 0.0443. The van der Waals surface area contributed by atoms with E-state index in [1.165, 1.54) is 17.7 Å². The second kappa shape index (κ2) is 7.62. The second-order valence-electron chi connectivity index (χ2n) is 8.72. The van der Waals surface area contributed by atoms with Gasteiger partial charge in [-0.3, -0.25) is 0 Å². The van der Waals surface area contributed by atoms with Crippen molar-refractivity contribution in [3.05, 3.63) is 30.0 Å². The number of anilines is 1. The Hall–Kier alpha value is -3.34. The zero-order valence-corrected chi connectivity index (χ0v) is 18.3. The predicted octanol–water partition coefficient (Wildman–Crippen LogP) is 4.02. The summed E-state index contributed by atoms with van der Waals surface area (Å²) in [5.74, 6) is 0.332. The first-order valence-electron chi connectivity index (χ1n) is 10.5. The van der Waals surface area contributed by atoms with E-state index in [-0.39, 0.29) is 23.0 Å². The lowest BCUT2D eigenvalue weighted by molar-refractivity contribution is -0.0236. The van der Waals surface area contributed by atoms with E-state index in [4.69, 9.17) is 4.74 Å². The Morgan fingerprint density at radius 1 is 1.30 bits per heavy atom. The fraction of sp³-hybridized carbons (Fsp3) is 0.409. The number of benzene rings is 1. The molecule has 3 N–H and O–H groups in total. The SMILES string of the molecule is COc1nc(N[C@H]2C[C@@](C)(O)C2)nc2[nH]cc(-c3cc(F)c4nc(C)n(CC(F)F)c4c3)c12. The van der Waals surface area contributed by atoms with Crippen molar-refractivity contribution in [1.82, 2.24) is 24.5 Å². The number of rotatable bonds is 6. The summed E-state index contributed by atoms with van der Waals surface area (Å²) in [6.07, 6.45) is 0.218. The van der Waals surface area contributed by atoms with Crippen molar-refractivity contribution in [1.29, 1.82) is 0 Å². The molecule has 1 fully saturated rings. The molecule has 0 amide bonds. The monoisotopic (exact) mass is 460 g/mol. The lowest BCUT2D eigenvalue weighted by Gasteiger charge is -2.41. The molecule has 174 valence electrons. The summed E-state index contributed by atoms with van der Waals surface area (Å²) in [7, 11) is 1.47. The number of methoxy groups -OCH3 is 1. The van der Waals surface area contributed by atoms with Gasteiger partial charge in [0.1, 0.15) is 17.0 Å². The van der Waals surface area contributed by atoms with Gasteiger partial charge in [-0.15, -0.1) is 0 Å². The molecular weight excluding hydrogens is 437 g/mol. The first-order valence-corrected chi connectivity index (χ1v) is 10.5. The molecule has 5 rings (SSSR count). The molecule has 0 aliphatic heterocycles. The molecular formula is C22H23F3N6O2. The van der Waals surface area contributed by atoms with Crippen molar-refractivity contribution < 1.29 is 23.0 Å². The molecule has 0 atom stereocenters. The standard InChI is InChI=1S/C22H23F3N6O2/c1-10-27-18-14(23)4-11(5-15(18)31(10)9-16(24)25)13-8-26-19-17(13)20(33-3)30-21(29-19)28-12-6-22(2,32)7-12/h4-5,8,12,16,32H,6-7,9H2,1-3H3,(H2,26,28,29,30)/t12-,22+. The normalized spacial score (nSPS) is 20.5. The second-order valence-corrected chi connectivity index (χ2v) is 8.72. The van der Waals surface area contributed by atoms with Crippen molar-refractivity contribution in [3.63, 3.8) is 0 Å². The van der Waals surface area contributed by atoms with Crippen molar-refractivity contribution in [3.8, 4) is 17.0 Å². The van der Waals surface area contributed by atoms with Gasteiger partial charge < -0.3 is 24.7 Å². The molecule has 1 aromatic carbocycles. The van der Waals surface area contributed by atoms with Crippen LogP contribution in [-0.2, 0) is 6.54 Å². The fourth-order valence-corrected chi connectivity index (χ4v) is 4.55. The molecule has 1 aliphatic carbocycles. The van der Waals surface area contributed by atoms with Gasteiger partial charge in [0.05, 0.1) is 30.2 Å². The van der Waals surface area contributed by atoms with Crippen LogP contribution in [0.25, 0.3) is 33.2 Å². The number of fused-ring (bicyclic) bond motifs is 2. The van der Waals surface area contributed by atoms with Crippen molar-refractivity contribution in [2.75, 3.05) is 12.4 Å². The molecule has 0 bridgehead atoms. The molecule has 8 nitrogen and oxygen atoms in total. The third-order valence-corrected chi connectivity index (χ3v) is 6.03. The highest BCUT2D eigenvalue weighted by atomic mass is 19.3. The summed E-state index contributed by atoms with van der Waals surface area (Å²) in [6, 6.07) is 2.99. The van der Waals surface area contributed by atoms with Crippen LogP contribution in [0.1, 0.15) is 25.6 Å². The predicted molar refractivity (Wildman–Crippen MR) is 117 cm³/mol. The Kier molecular flexibility index (Phi) is 4.96. The third kappa shape index (κ3) is 3.75. The van der Waals surface area contributed by atoms with Crippen LogP contribution in [-0.4, -0.2) is 54.8 Å². The van der Waals surface area contributed by atoms with Crippen LogP contribution in [0.2, 0.25) is 0 Å². The van der Waals surface area contributed by atoms with E-state index in [2.05, 4.69) is 25.3 Å². The molecule has 0 saturated heterocycles. The first-order chi connectivity index (χ1) is 15.6. The van der Waals surface area contributed by atoms with Crippen LogP contribution < -0.4 is 10.1 Å². The van der Waals surface area contributed by atoms with E-state index in [1.807, 2.05) is 0 Å². The summed E-state index contributed by atoms with van der Waals surface area (Å²) in [4.78, 5) is 16.1. The molecule has 3 heterocycles. The van der Waals surface area contributed by atoms with Crippen LogP contribution in [0.15, 0.2) is 18.3 Å². The molecule has 0 spiro atoms. The Bertz CT molecular complexity index is 1360. The van der Waals surface area contributed by atoms with Gasteiger partial charge in [0.2, 0.25) is 11.8 Å². The van der Waals surface area contributed by atoms with E-state index in [9.17, 15) is 18.3 Å². The van der Waals surface area contributed by atoms with Gasteiger partial charge in [-0.2, -0.15) is 9.97 Å². The number of aromatic amines is 1. The van der Waals surface area contributed by atoms with Crippen molar-refractivity contribution >= 4 is 28.0 Å². The molecule has 1 saturated carbocycles. The maximum atomic E-state index is 14.9. The smallest absolute Gasteiger partial charge is 0.256 e. The highest BCUT2D eigenvalue weighted by Gasteiger charge is 2.38. The number of aryl methyl sites for hydroxylation is 1. The Morgan fingerprint density at radius 2 is 2.06 bits per heavy atom.